The average molecular weight is 556 g/mol. The molecule has 0 aliphatic rings. The van der Waals surface area contributed by atoms with Crippen LogP contribution in [0.4, 0.5) is 0 Å². The summed E-state index contributed by atoms with van der Waals surface area (Å²) < 4.78 is 28.6. The third kappa shape index (κ3) is 6.33. The van der Waals surface area contributed by atoms with E-state index in [9.17, 15) is 13.2 Å². The minimum Gasteiger partial charge on any atom is -0.348 e. The van der Waals surface area contributed by atoms with Gasteiger partial charge in [-0.25, -0.2) is 8.42 Å². The second kappa shape index (κ2) is 10.8. The van der Waals surface area contributed by atoms with Crippen LogP contribution < -0.4 is 5.32 Å². The fourth-order valence-corrected chi connectivity index (χ4v) is 5.06. The van der Waals surface area contributed by atoms with Crippen LogP contribution in [0, 0.1) is 0 Å². The van der Waals surface area contributed by atoms with E-state index in [2.05, 4.69) is 21.2 Å². The van der Waals surface area contributed by atoms with Gasteiger partial charge in [-0.05, 0) is 54.4 Å². The van der Waals surface area contributed by atoms with Crippen LogP contribution >= 0.6 is 39.1 Å². The van der Waals surface area contributed by atoms with E-state index >= 15 is 0 Å². The van der Waals surface area contributed by atoms with E-state index in [0.717, 1.165) is 14.3 Å². The molecule has 0 radical (unpaired) electrons. The molecular weight excluding hydrogens is 535 g/mol. The van der Waals surface area contributed by atoms with Crippen molar-refractivity contribution in [3.8, 4) is 0 Å². The Labute approximate surface area is 206 Å². The molecule has 0 saturated heterocycles. The van der Waals surface area contributed by atoms with Crippen LogP contribution in [0.15, 0.2) is 82.2 Å². The van der Waals surface area contributed by atoms with Crippen LogP contribution in [0.5, 0.6) is 0 Å². The van der Waals surface area contributed by atoms with Crippen molar-refractivity contribution in [3.05, 3.63) is 98.4 Å². The first kappa shape index (κ1) is 24.7. The molecule has 0 aliphatic heterocycles. The first-order chi connectivity index (χ1) is 15.2. The van der Waals surface area contributed by atoms with Gasteiger partial charge in [0.1, 0.15) is 0 Å². The molecule has 5 nitrogen and oxygen atoms in total. The second-order valence-electron chi connectivity index (χ2n) is 7.18. The number of carbonyl (C=O) groups excluding carboxylic acids is 1. The SMILES string of the molecule is C[C@H](NC(=O)CN(Cc1ccc(Cl)c(Cl)c1)S(=O)(=O)c1ccc(Br)cc1)c1ccccc1. The molecule has 1 atom stereocenters. The summed E-state index contributed by atoms with van der Waals surface area (Å²) in [4.78, 5) is 12.9. The molecule has 3 rings (SSSR count). The van der Waals surface area contributed by atoms with Gasteiger partial charge in [-0.15, -0.1) is 0 Å². The number of halogens is 3. The molecule has 9 heteroatoms. The summed E-state index contributed by atoms with van der Waals surface area (Å²) in [5.41, 5.74) is 1.54. The summed E-state index contributed by atoms with van der Waals surface area (Å²) in [6, 6.07) is 20.3. The largest absolute Gasteiger partial charge is 0.348 e. The van der Waals surface area contributed by atoms with Crippen LogP contribution in [0.3, 0.4) is 0 Å². The van der Waals surface area contributed by atoms with Crippen LogP contribution in [-0.4, -0.2) is 25.2 Å². The predicted octanol–water partition coefficient (Wildman–Crippen LogP) is 5.82. The standard InChI is InChI=1S/C23H21BrCl2N2O3S/c1-16(18-5-3-2-4-6-18)27-23(29)15-28(14-17-7-12-21(25)22(26)13-17)32(30,31)20-10-8-19(24)9-11-20/h2-13,16H,14-15H2,1H3,(H,27,29)/t16-/m0/s1. The van der Waals surface area contributed by atoms with E-state index in [4.69, 9.17) is 23.2 Å². The van der Waals surface area contributed by atoms with Gasteiger partial charge in [-0.2, -0.15) is 4.31 Å². The first-order valence-electron chi connectivity index (χ1n) is 9.71. The van der Waals surface area contributed by atoms with Crippen molar-refractivity contribution in [2.75, 3.05) is 6.54 Å². The highest BCUT2D eigenvalue weighted by atomic mass is 79.9. The zero-order valence-corrected chi connectivity index (χ0v) is 21.0. The first-order valence-corrected chi connectivity index (χ1v) is 12.7. The van der Waals surface area contributed by atoms with E-state index in [1.165, 1.54) is 12.1 Å². The van der Waals surface area contributed by atoms with Crippen molar-refractivity contribution in [1.29, 1.82) is 0 Å². The maximum absolute atomic E-state index is 13.4. The third-order valence-electron chi connectivity index (χ3n) is 4.79. The van der Waals surface area contributed by atoms with Gasteiger partial charge in [0.15, 0.2) is 0 Å². The minimum absolute atomic E-state index is 0.0393. The van der Waals surface area contributed by atoms with E-state index in [1.807, 2.05) is 37.3 Å². The third-order valence-corrected chi connectivity index (χ3v) is 7.86. The molecule has 0 unspecified atom stereocenters. The smallest absolute Gasteiger partial charge is 0.243 e. The van der Waals surface area contributed by atoms with Crippen LogP contribution in [-0.2, 0) is 21.4 Å². The van der Waals surface area contributed by atoms with Crippen LogP contribution in [0.2, 0.25) is 10.0 Å². The number of rotatable bonds is 8. The Bertz CT molecular complexity index is 1190. The summed E-state index contributed by atoms with van der Waals surface area (Å²) in [6.07, 6.45) is 0. The maximum atomic E-state index is 13.4. The minimum atomic E-state index is -3.96. The Morgan fingerprint density at radius 1 is 1.00 bits per heavy atom. The molecule has 3 aromatic rings. The Hall–Kier alpha value is -1.90. The number of amides is 1. The van der Waals surface area contributed by atoms with Gasteiger partial charge in [0.25, 0.3) is 0 Å². The molecule has 1 amide bonds. The highest BCUT2D eigenvalue weighted by Gasteiger charge is 2.27. The number of carbonyl (C=O) groups is 1. The normalized spacial score (nSPS) is 12.5. The highest BCUT2D eigenvalue weighted by molar-refractivity contribution is 9.10. The Morgan fingerprint density at radius 2 is 1.66 bits per heavy atom. The van der Waals surface area contributed by atoms with E-state index in [1.54, 1.807) is 30.3 Å². The number of hydrogen-bond acceptors (Lipinski definition) is 3. The van der Waals surface area contributed by atoms with Crippen molar-refractivity contribution in [1.82, 2.24) is 9.62 Å². The fourth-order valence-electron chi connectivity index (χ4n) is 3.10. The van der Waals surface area contributed by atoms with Crippen molar-refractivity contribution >= 4 is 55.1 Å². The molecule has 0 saturated carbocycles. The molecule has 0 aliphatic carbocycles. The van der Waals surface area contributed by atoms with E-state index in [-0.39, 0.29) is 24.0 Å². The lowest BCUT2D eigenvalue weighted by Gasteiger charge is -2.23. The number of hydrogen-bond donors (Lipinski definition) is 1. The van der Waals surface area contributed by atoms with Gasteiger partial charge in [0.05, 0.1) is 27.5 Å². The van der Waals surface area contributed by atoms with Crippen LogP contribution in [0.1, 0.15) is 24.1 Å². The second-order valence-corrected chi connectivity index (χ2v) is 10.8. The number of nitrogens with zero attached hydrogens (tertiary/aromatic N) is 1. The zero-order chi connectivity index (χ0) is 23.3. The van der Waals surface area contributed by atoms with Crippen molar-refractivity contribution in [2.24, 2.45) is 0 Å². The van der Waals surface area contributed by atoms with Crippen molar-refractivity contribution in [3.63, 3.8) is 0 Å². The maximum Gasteiger partial charge on any atom is 0.243 e. The van der Waals surface area contributed by atoms with Gasteiger partial charge in [0.2, 0.25) is 15.9 Å². The predicted molar refractivity (Wildman–Crippen MR) is 131 cm³/mol. The molecule has 0 spiro atoms. The Morgan fingerprint density at radius 3 is 2.28 bits per heavy atom. The molecule has 1 N–H and O–H groups in total. The number of sulfonamides is 1. The molecule has 0 aromatic heterocycles. The number of nitrogens with one attached hydrogen (secondary N) is 1. The highest BCUT2D eigenvalue weighted by Crippen LogP contribution is 2.25. The lowest BCUT2D eigenvalue weighted by Crippen LogP contribution is -2.41. The van der Waals surface area contributed by atoms with E-state index in [0.29, 0.717) is 15.6 Å². The van der Waals surface area contributed by atoms with Gasteiger partial charge in [-0.1, -0.05) is 75.5 Å². The van der Waals surface area contributed by atoms with E-state index < -0.39 is 15.9 Å². The van der Waals surface area contributed by atoms with Crippen LogP contribution in [0.25, 0.3) is 0 Å². The lowest BCUT2D eigenvalue weighted by molar-refractivity contribution is -0.122. The summed E-state index contributed by atoms with van der Waals surface area (Å²) in [6.45, 7) is 1.46. The Balaban J connectivity index is 1.86. The quantitative estimate of drug-likeness (QED) is 0.380. The molecule has 0 fully saturated rings. The molecular formula is C23H21BrCl2N2O3S. The molecule has 0 bridgehead atoms. The summed E-state index contributed by atoms with van der Waals surface area (Å²) in [5, 5.41) is 3.55. The van der Waals surface area contributed by atoms with Gasteiger partial charge >= 0.3 is 0 Å². The Kier molecular flexibility index (Phi) is 8.36. The molecule has 32 heavy (non-hydrogen) atoms. The number of benzene rings is 3. The average Bonchev–Trinajstić information content (AvgIpc) is 2.76. The summed E-state index contributed by atoms with van der Waals surface area (Å²) >= 11 is 15.4. The van der Waals surface area contributed by atoms with Crippen molar-refractivity contribution in [2.45, 2.75) is 24.4 Å². The molecule has 168 valence electrons. The lowest BCUT2D eigenvalue weighted by atomic mass is 10.1. The molecule has 3 aromatic carbocycles. The van der Waals surface area contributed by atoms with Gasteiger partial charge in [-0.3, -0.25) is 4.79 Å². The fraction of sp³-hybridized carbons (Fsp3) is 0.174. The summed E-state index contributed by atoms with van der Waals surface area (Å²) in [7, 11) is -3.96. The van der Waals surface area contributed by atoms with Gasteiger partial charge < -0.3 is 5.32 Å². The van der Waals surface area contributed by atoms with Gasteiger partial charge in [0, 0.05) is 11.0 Å². The topological polar surface area (TPSA) is 66.5 Å². The zero-order valence-electron chi connectivity index (χ0n) is 17.1. The summed E-state index contributed by atoms with van der Waals surface area (Å²) in [5.74, 6) is -0.415. The monoisotopic (exact) mass is 554 g/mol. The molecule has 0 heterocycles. The van der Waals surface area contributed by atoms with Crippen molar-refractivity contribution < 1.29 is 13.2 Å².